The summed E-state index contributed by atoms with van der Waals surface area (Å²) < 4.78 is 12.1. The number of pyridine rings is 1. The number of ether oxygens (including phenoxy) is 2. The van der Waals surface area contributed by atoms with Crippen LogP contribution in [0.5, 0.6) is 11.5 Å². The third-order valence-electron chi connectivity index (χ3n) is 3.35. The molecule has 0 saturated carbocycles. The van der Waals surface area contributed by atoms with Crippen LogP contribution in [0.1, 0.15) is 22.4 Å². The molecule has 0 aliphatic rings. The van der Waals surface area contributed by atoms with E-state index >= 15 is 0 Å². The van der Waals surface area contributed by atoms with E-state index in [2.05, 4.69) is 20.9 Å². The van der Waals surface area contributed by atoms with Gasteiger partial charge in [-0.25, -0.2) is 0 Å². The van der Waals surface area contributed by atoms with Gasteiger partial charge in [0.15, 0.2) is 0 Å². The molecule has 0 unspecified atom stereocenters. The molecular weight excluding hydrogens is 332 g/mol. The Morgan fingerprint density at radius 1 is 1.29 bits per heavy atom. The van der Waals surface area contributed by atoms with Crippen molar-refractivity contribution in [1.82, 2.24) is 4.98 Å². The lowest BCUT2D eigenvalue weighted by molar-refractivity contribution is 0.297. The lowest BCUT2D eigenvalue weighted by atomic mass is 10.1. The Labute approximate surface area is 133 Å². The highest BCUT2D eigenvalue weighted by molar-refractivity contribution is 9.10. The molecule has 2 rings (SSSR count). The molecule has 1 aromatic carbocycles. The Morgan fingerprint density at radius 2 is 2.05 bits per heavy atom. The molecule has 1 aromatic heterocycles. The van der Waals surface area contributed by atoms with Gasteiger partial charge in [-0.3, -0.25) is 4.98 Å². The van der Waals surface area contributed by atoms with E-state index in [0.717, 1.165) is 38.4 Å². The van der Waals surface area contributed by atoms with Gasteiger partial charge in [0.05, 0.1) is 17.3 Å². The molecule has 0 bridgehead atoms. The number of aryl methyl sites for hydroxylation is 1. The first-order valence-corrected chi connectivity index (χ1v) is 7.46. The molecule has 0 aliphatic carbocycles. The molecule has 0 atom stereocenters. The Bertz CT molecular complexity index is 644. The molecule has 0 amide bonds. The van der Waals surface area contributed by atoms with Crippen LogP contribution in [-0.2, 0) is 13.2 Å². The zero-order valence-electron chi connectivity index (χ0n) is 12.4. The fourth-order valence-corrected chi connectivity index (χ4v) is 2.69. The van der Waals surface area contributed by atoms with E-state index in [4.69, 9.17) is 15.2 Å². The summed E-state index contributed by atoms with van der Waals surface area (Å²) in [7, 11) is 1.67. The Morgan fingerprint density at radius 3 is 2.67 bits per heavy atom. The van der Waals surface area contributed by atoms with Crippen LogP contribution in [0.4, 0.5) is 0 Å². The second-order valence-corrected chi connectivity index (χ2v) is 5.66. The van der Waals surface area contributed by atoms with Crippen molar-refractivity contribution < 1.29 is 9.47 Å². The van der Waals surface area contributed by atoms with Crippen molar-refractivity contribution in [1.29, 1.82) is 0 Å². The van der Waals surface area contributed by atoms with Gasteiger partial charge < -0.3 is 15.2 Å². The minimum Gasteiger partial charge on any atom is -0.496 e. The van der Waals surface area contributed by atoms with Crippen LogP contribution in [0.15, 0.2) is 28.9 Å². The molecular formula is C16H19BrN2O2. The van der Waals surface area contributed by atoms with E-state index in [-0.39, 0.29) is 0 Å². The summed E-state index contributed by atoms with van der Waals surface area (Å²) >= 11 is 3.49. The van der Waals surface area contributed by atoms with Gasteiger partial charge in [0, 0.05) is 23.9 Å². The van der Waals surface area contributed by atoms with Gasteiger partial charge in [-0.05, 0) is 47.5 Å². The van der Waals surface area contributed by atoms with E-state index in [1.165, 1.54) is 0 Å². The van der Waals surface area contributed by atoms with Crippen molar-refractivity contribution in [2.24, 2.45) is 5.73 Å². The summed E-state index contributed by atoms with van der Waals surface area (Å²) in [6.45, 7) is 4.87. The molecule has 0 saturated heterocycles. The summed E-state index contributed by atoms with van der Waals surface area (Å²) in [4.78, 5) is 4.42. The first-order chi connectivity index (χ1) is 10.1. The maximum absolute atomic E-state index is 5.84. The third kappa shape index (κ3) is 3.54. The Hall–Kier alpha value is -1.59. The van der Waals surface area contributed by atoms with Crippen molar-refractivity contribution >= 4 is 15.9 Å². The zero-order valence-corrected chi connectivity index (χ0v) is 14.0. The van der Waals surface area contributed by atoms with E-state index in [0.29, 0.717) is 13.2 Å². The molecule has 0 radical (unpaired) electrons. The fourth-order valence-electron chi connectivity index (χ4n) is 2.15. The quantitative estimate of drug-likeness (QED) is 0.896. The van der Waals surface area contributed by atoms with Crippen molar-refractivity contribution in [3.63, 3.8) is 0 Å². The number of rotatable bonds is 5. The largest absolute Gasteiger partial charge is 0.496 e. The van der Waals surface area contributed by atoms with Crippen LogP contribution in [0, 0.1) is 13.8 Å². The molecule has 2 N–H and O–H groups in total. The van der Waals surface area contributed by atoms with Crippen LogP contribution in [0.25, 0.3) is 0 Å². The summed E-state index contributed by atoms with van der Waals surface area (Å²) in [5.41, 5.74) is 9.57. The fraction of sp³-hybridized carbons (Fsp3) is 0.312. The molecule has 112 valence electrons. The highest BCUT2D eigenvalue weighted by Crippen LogP contribution is 2.28. The standard InChI is InChI=1S/C16H19BrN2O2/c1-10-8-19-14(11(2)16(10)20-3)9-21-15-5-4-12(7-18)6-13(15)17/h4-6,8H,7,9,18H2,1-3H3. The SMILES string of the molecule is COc1c(C)cnc(COc2ccc(CN)cc2Br)c1C. The van der Waals surface area contributed by atoms with Gasteiger partial charge in [0.2, 0.25) is 0 Å². The minimum absolute atomic E-state index is 0.392. The minimum atomic E-state index is 0.392. The van der Waals surface area contributed by atoms with Gasteiger partial charge in [-0.15, -0.1) is 0 Å². The number of aromatic nitrogens is 1. The lowest BCUT2D eigenvalue weighted by Crippen LogP contribution is -2.04. The summed E-state index contributed by atoms with van der Waals surface area (Å²) in [6, 6.07) is 5.83. The number of hydrogen-bond donors (Lipinski definition) is 1. The molecule has 4 nitrogen and oxygen atoms in total. The van der Waals surface area contributed by atoms with Crippen LogP contribution < -0.4 is 15.2 Å². The molecule has 1 heterocycles. The molecule has 0 spiro atoms. The van der Waals surface area contributed by atoms with E-state index < -0.39 is 0 Å². The Balaban J connectivity index is 2.17. The molecule has 21 heavy (non-hydrogen) atoms. The van der Waals surface area contributed by atoms with Crippen LogP contribution in [0.2, 0.25) is 0 Å². The zero-order chi connectivity index (χ0) is 15.4. The maximum Gasteiger partial charge on any atom is 0.134 e. The van der Waals surface area contributed by atoms with Crippen LogP contribution in [0.3, 0.4) is 0 Å². The average molecular weight is 351 g/mol. The van der Waals surface area contributed by atoms with Gasteiger partial charge in [0.25, 0.3) is 0 Å². The van der Waals surface area contributed by atoms with Gasteiger partial charge in [-0.2, -0.15) is 0 Å². The predicted molar refractivity (Wildman–Crippen MR) is 86.6 cm³/mol. The van der Waals surface area contributed by atoms with Crippen LogP contribution >= 0.6 is 15.9 Å². The summed E-state index contributed by atoms with van der Waals surface area (Å²) in [5.74, 6) is 1.63. The second-order valence-electron chi connectivity index (χ2n) is 4.80. The predicted octanol–water partition coefficient (Wildman–Crippen LogP) is 3.51. The average Bonchev–Trinajstić information content (AvgIpc) is 2.48. The number of hydrogen-bond acceptors (Lipinski definition) is 4. The molecule has 2 aromatic rings. The number of methoxy groups -OCH3 is 1. The van der Waals surface area contributed by atoms with E-state index in [9.17, 15) is 0 Å². The number of halogens is 1. The highest BCUT2D eigenvalue weighted by atomic mass is 79.9. The van der Waals surface area contributed by atoms with Gasteiger partial charge in [-0.1, -0.05) is 6.07 Å². The molecule has 0 fully saturated rings. The summed E-state index contributed by atoms with van der Waals surface area (Å²) in [5, 5.41) is 0. The van der Waals surface area contributed by atoms with E-state index in [1.54, 1.807) is 13.3 Å². The van der Waals surface area contributed by atoms with Crippen molar-refractivity contribution in [2.45, 2.75) is 27.0 Å². The van der Waals surface area contributed by atoms with Gasteiger partial charge in [0.1, 0.15) is 18.1 Å². The normalized spacial score (nSPS) is 10.5. The first kappa shape index (κ1) is 15.8. The summed E-state index contributed by atoms with van der Waals surface area (Å²) in [6.07, 6.45) is 1.80. The smallest absolute Gasteiger partial charge is 0.134 e. The first-order valence-electron chi connectivity index (χ1n) is 6.67. The van der Waals surface area contributed by atoms with Crippen LogP contribution in [-0.4, -0.2) is 12.1 Å². The van der Waals surface area contributed by atoms with Crippen molar-refractivity contribution in [3.05, 3.63) is 51.3 Å². The van der Waals surface area contributed by atoms with Gasteiger partial charge >= 0.3 is 0 Å². The number of nitrogens with two attached hydrogens (primary N) is 1. The van der Waals surface area contributed by atoms with E-state index in [1.807, 2.05) is 32.0 Å². The molecule has 5 heteroatoms. The monoisotopic (exact) mass is 350 g/mol. The number of benzene rings is 1. The topological polar surface area (TPSA) is 57.4 Å². The lowest BCUT2D eigenvalue weighted by Gasteiger charge is -2.14. The van der Waals surface area contributed by atoms with Crippen molar-refractivity contribution in [3.8, 4) is 11.5 Å². The maximum atomic E-state index is 5.84. The van der Waals surface area contributed by atoms with Crippen molar-refractivity contribution in [2.75, 3.05) is 7.11 Å². The number of nitrogens with zero attached hydrogens (tertiary/aromatic N) is 1. The second kappa shape index (κ2) is 6.91. The third-order valence-corrected chi connectivity index (χ3v) is 3.97. The highest BCUT2D eigenvalue weighted by Gasteiger charge is 2.11. The Kier molecular flexibility index (Phi) is 5.20. The molecule has 0 aliphatic heterocycles.